The maximum Gasteiger partial charge on any atom is 0.138 e. The number of aromatic nitrogens is 3. The molecule has 1 aromatic heterocycles. The van der Waals surface area contributed by atoms with Crippen LogP contribution >= 0.6 is 11.8 Å². The van der Waals surface area contributed by atoms with Gasteiger partial charge in [-0.25, -0.2) is 4.98 Å². The molecule has 1 aromatic rings. The number of thioether (sulfide) groups is 1. The Labute approximate surface area is 88.7 Å². The number of hydrogen-bond acceptors (Lipinski definition) is 4. The molecule has 0 aliphatic rings. The molecule has 0 bridgehead atoms. The van der Waals surface area contributed by atoms with Crippen molar-refractivity contribution in [1.29, 1.82) is 0 Å². The summed E-state index contributed by atoms with van der Waals surface area (Å²) in [5.74, 6) is 2.73. The quantitative estimate of drug-likeness (QED) is 0.715. The average molecular weight is 215 g/mol. The molecule has 0 aliphatic heterocycles. The van der Waals surface area contributed by atoms with Crippen molar-refractivity contribution in [1.82, 2.24) is 14.8 Å². The Balaban J connectivity index is 2.27. The van der Waals surface area contributed by atoms with Crippen LogP contribution in [-0.2, 0) is 13.5 Å². The van der Waals surface area contributed by atoms with Crippen LogP contribution in [0.3, 0.4) is 0 Å². The summed E-state index contributed by atoms with van der Waals surface area (Å²) in [6.45, 7) is 2.14. The molecule has 5 heteroatoms. The van der Waals surface area contributed by atoms with Crippen LogP contribution in [0.5, 0.6) is 0 Å². The summed E-state index contributed by atoms with van der Waals surface area (Å²) in [5, 5.41) is 13.6. The Morgan fingerprint density at radius 3 is 3.00 bits per heavy atom. The van der Waals surface area contributed by atoms with Crippen molar-refractivity contribution in [3.63, 3.8) is 0 Å². The molecular weight excluding hydrogens is 198 g/mol. The van der Waals surface area contributed by atoms with Crippen LogP contribution < -0.4 is 0 Å². The summed E-state index contributed by atoms with van der Waals surface area (Å²) in [4.78, 5) is 4.07. The summed E-state index contributed by atoms with van der Waals surface area (Å²) in [6.07, 6.45) is 2.95. The molecule has 0 amide bonds. The van der Waals surface area contributed by atoms with Crippen LogP contribution in [0.1, 0.15) is 19.2 Å². The van der Waals surface area contributed by atoms with E-state index in [1.165, 1.54) is 6.33 Å². The molecule has 1 rings (SSSR count). The maximum atomic E-state index is 9.67. The Bertz CT molecular complexity index is 264. The van der Waals surface area contributed by atoms with Crippen molar-refractivity contribution in [3.8, 4) is 0 Å². The fraction of sp³-hybridized carbons (Fsp3) is 0.778. The highest BCUT2D eigenvalue weighted by Crippen LogP contribution is 2.07. The second kappa shape index (κ2) is 6.03. The third-order valence-electron chi connectivity index (χ3n) is 1.88. The number of rotatable bonds is 6. The van der Waals surface area contributed by atoms with Gasteiger partial charge in [-0.3, -0.25) is 4.68 Å². The fourth-order valence-corrected chi connectivity index (χ4v) is 1.98. The van der Waals surface area contributed by atoms with Crippen LogP contribution in [0.2, 0.25) is 0 Å². The molecule has 0 radical (unpaired) electrons. The van der Waals surface area contributed by atoms with Crippen LogP contribution in [0.25, 0.3) is 0 Å². The van der Waals surface area contributed by atoms with Crippen molar-refractivity contribution in [3.05, 3.63) is 12.2 Å². The Kier molecular flexibility index (Phi) is 4.97. The summed E-state index contributed by atoms with van der Waals surface area (Å²) in [7, 11) is 1.84. The molecule has 1 N–H and O–H groups in total. The molecule has 1 unspecified atom stereocenters. The SMILES string of the molecule is CCCSCC(O)Cc1ncnn1C. The predicted octanol–water partition coefficient (Wildman–Crippen LogP) is 0.862. The van der Waals surface area contributed by atoms with E-state index in [4.69, 9.17) is 0 Å². The lowest BCUT2D eigenvalue weighted by Gasteiger charge is -2.08. The predicted molar refractivity (Wildman–Crippen MR) is 58.3 cm³/mol. The smallest absolute Gasteiger partial charge is 0.138 e. The second-order valence-corrected chi connectivity index (χ2v) is 4.38. The van der Waals surface area contributed by atoms with E-state index in [0.717, 1.165) is 23.8 Å². The minimum absolute atomic E-state index is 0.311. The van der Waals surface area contributed by atoms with E-state index in [1.807, 2.05) is 7.05 Å². The number of nitrogens with zero attached hydrogens (tertiary/aromatic N) is 3. The van der Waals surface area contributed by atoms with Gasteiger partial charge in [0.05, 0.1) is 6.10 Å². The van der Waals surface area contributed by atoms with E-state index in [0.29, 0.717) is 6.42 Å². The standard InChI is InChI=1S/C9H17N3OS/c1-3-4-14-6-8(13)5-9-10-7-11-12(9)2/h7-8,13H,3-6H2,1-2H3. The fourth-order valence-electron chi connectivity index (χ4n) is 1.14. The van der Waals surface area contributed by atoms with Gasteiger partial charge in [0.25, 0.3) is 0 Å². The molecule has 1 atom stereocenters. The van der Waals surface area contributed by atoms with Crippen molar-refractivity contribution >= 4 is 11.8 Å². The molecule has 4 nitrogen and oxygen atoms in total. The Morgan fingerprint density at radius 2 is 2.43 bits per heavy atom. The zero-order valence-corrected chi connectivity index (χ0v) is 9.50. The van der Waals surface area contributed by atoms with Crippen LogP contribution in [-0.4, -0.2) is 37.5 Å². The van der Waals surface area contributed by atoms with Crippen molar-refractivity contribution < 1.29 is 5.11 Å². The number of hydrogen-bond donors (Lipinski definition) is 1. The van der Waals surface area contributed by atoms with Crippen molar-refractivity contribution in [2.45, 2.75) is 25.9 Å². The van der Waals surface area contributed by atoms with Gasteiger partial charge in [0, 0.05) is 19.2 Å². The second-order valence-electron chi connectivity index (χ2n) is 3.23. The van der Waals surface area contributed by atoms with E-state index < -0.39 is 0 Å². The molecule has 80 valence electrons. The first-order chi connectivity index (χ1) is 6.74. The molecule has 0 aliphatic carbocycles. The van der Waals surface area contributed by atoms with Crippen molar-refractivity contribution in [2.24, 2.45) is 7.05 Å². The van der Waals surface area contributed by atoms with E-state index >= 15 is 0 Å². The lowest BCUT2D eigenvalue weighted by atomic mass is 10.3. The van der Waals surface area contributed by atoms with E-state index in [-0.39, 0.29) is 6.10 Å². The molecule has 1 heterocycles. The van der Waals surface area contributed by atoms with Gasteiger partial charge >= 0.3 is 0 Å². The Morgan fingerprint density at radius 1 is 1.64 bits per heavy atom. The number of aliphatic hydroxyl groups is 1. The minimum Gasteiger partial charge on any atom is -0.392 e. The average Bonchev–Trinajstić information content (AvgIpc) is 2.52. The number of aliphatic hydroxyl groups excluding tert-OH is 1. The van der Waals surface area contributed by atoms with Gasteiger partial charge in [0.1, 0.15) is 12.2 Å². The molecule has 0 saturated carbocycles. The largest absolute Gasteiger partial charge is 0.392 e. The Hall–Kier alpha value is -0.550. The molecule has 0 aromatic carbocycles. The third kappa shape index (κ3) is 3.67. The van der Waals surface area contributed by atoms with Gasteiger partial charge < -0.3 is 5.11 Å². The summed E-state index contributed by atoms with van der Waals surface area (Å²) in [5.41, 5.74) is 0. The normalized spacial score (nSPS) is 13.1. The zero-order chi connectivity index (χ0) is 10.4. The molecule has 0 saturated heterocycles. The highest BCUT2D eigenvalue weighted by atomic mass is 32.2. The molecule has 0 spiro atoms. The molecular formula is C9H17N3OS. The monoisotopic (exact) mass is 215 g/mol. The first-order valence-corrected chi connectivity index (χ1v) is 5.98. The maximum absolute atomic E-state index is 9.67. The topological polar surface area (TPSA) is 50.9 Å². The van der Waals surface area contributed by atoms with E-state index in [2.05, 4.69) is 17.0 Å². The van der Waals surface area contributed by atoms with Gasteiger partial charge in [-0.15, -0.1) is 0 Å². The summed E-state index contributed by atoms with van der Waals surface area (Å²) < 4.78 is 1.70. The lowest BCUT2D eigenvalue weighted by molar-refractivity contribution is 0.196. The van der Waals surface area contributed by atoms with E-state index in [9.17, 15) is 5.11 Å². The minimum atomic E-state index is -0.311. The van der Waals surface area contributed by atoms with Crippen LogP contribution in [0.15, 0.2) is 6.33 Å². The summed E-state index contributed by atoms with van der Waals surface area (Å²) >= 11 is 1.78. The number of aryl methyl sites for hydroxylation is 1. The van der Waals surface area contributed by atoms with Crippen LogP contribution in [0, 0.1) is 0 Å². The van der Waals surface area contributed by atoms with Crippen molar-refractivity contribution in [2.75, 3.05) is 11.5 Å². The van der Waals surface area contributed by atoms with E-state index in [1.54, 1.807) is 16.4 Å². The highest BCUT2D eigenvalue weighted by Gasteiger charge is 2.09. The third-order valence-corrected chi connectivity index (χ3v) is 3.20. The molecule has 14 heavy (non-hydrogen) atoms. The first-order valence-electron chi connectivity index (χ1n) is 4.82. The van der Waals surface area contributed by atoms with Gasteiger partial charge in [-0.1, -0.05) is 6.92 Å². The van der Waals surface area contributed by atoms with Gasteiger partial charge in [0.2, 0.25) is 0 Å². The lowest BCUT2D eigenvalue weighted by Crippen LogP contribution is -2.16. The molecule has 0 fully saturated rings. The first kappa shape index (κ1) is 11.5. The van der Waals surface area contributed by atoms with Gasteiger partial charge in [-0.05, 0) is 12.2 Å². The highest BCUT2D eigenvalue weighted by molar-refractivity contribution is 7.99. The van der Waals surface area contributed by atoms with Crippen LogP contribution in [0.4, 0.5) is 0 Å². The van der Waals surface area contributed by atoms with Gasteiger partial charge in [-0.2, -0.15) is 16.9 Å². The zero-order valence-electron chi connectivity index (χ0n) is 8.68. The van der Waals surface area contributed by atoms with Gasteiger partial charge in [0.15, 0.2) is 0 Å². The summed E-state index contributed by atoms with van der Waals surface area (Å²) in [6, 6.07) is 0.